The molecule has 0 saturated heterocycles. The highest BCUT2D eigenvalue weighted by Gasteiger charge is 2.19. The number of unbranched alkanes of at least 4 members (excludes halogenated alkanes) is 26. The first-order valence-electron chi connectivity index (χ1n) is 25.1. The van der Waals surface area contributed by atoms with Crippen LogP contribution in [0.25, 0.3) is 0 Å². The Bertz CT molecular complexity index is 1040. The summed E-state index contributed by atoms with van der Waals surface area (Å²) in [5.74, 6) is -0.900. The molecule has 0 aromatic heterocycles. The van der Waals surface area contributed by atoms with Gasteiger partial charge in [0.2, 0.25) is 0 Å². The Labute approximate surface area is 365 Å². The van der Waals surface area contributed by atoms with E-state index in [9.17, 15) is 14.4 Å². The maximum atomic E-state index is 12.8. The van der Waals surface area contributed by atoms with Crippen molar-refractivity contribution in [2.75, 3.05) is 13.2 Å². The Hall–Kier alpha value is -2.63. The summed E-state index contributed by atoms with van der Waals surface area (Å²) in [5.41, 5.74) is 0. The molecule has 1 unspecified atom stereocenters. The minimum atomic E-state index is -0.779. The number of hydrogen-bond donors (Lipinski definition) is 0. The van der Waals surface area contributed by atoms with E-state index in [1.165, 1.54) is 109 Å². The van der Waals surface area contributed by atoms with Crippen LogP contribution in [-0.2, 0) is 28.6 Å². The number of ether oxygens (including phenoxy) is 3. The molecule has 0 aromatic carbocycles. The van der Waals surface area contributed by atoms with Gasteiger partial charge in [-0.25, -0.2) is 0 Å². The van der Waals surface area contributed by atoms with Crippen molar-refractivity contribution in [1.82, 2.24) is 0 Å². The lowest BCUT2D eigenvalue weighted by Gasteiger charge is -2.18. The van der Waals surface area contributed by atoms with Gasteiger partial charge >= 0.3 is 17.9 Å². The van der Waals surface area contributed by atoms with Gasteiger partial charge in [0, 0.05) is 19.3 Å². The summed E-state index contributed by atoms with van der Waals surface area (Å²) in [6.45, 7) is 6.50. The van der Waals surface area contributed by atoms with Crippen molar-refractivity contribution in [3.8, 4) is 0 Å². The van der Waals surface area contributed by atoms with E-state index in [2.05, 4.69) is 69.4 Å². The highest BCUT2D eigenvalue weighted by molar-refractivity contribution is 5.71. The fourth-order valence-corrected chi connectivity index (χ4v) is 7.04. The van der Waals surface area contributed by atoms with Crippen LogP contribution in [0.1, 0.15) is 252 Å². The Morgan fingerprint density at radius 1 is 0.356 bits per heavy atom. The fourth-order valence-electron chi connectivity index (χ4n) is 7.04. The normalized spacial score (nSPS) is 12.4. The van der Waals surface area contributed by atoms with Crippen molar-refractivity contribution >= 4 is 17.9 Å². The van der Waals surface area contributed by atoms with Gasteiger partial charge in [-0.15, -0.1) is 0 Å². The first kappa shape index (κ1) is 56.4. The molecule has 59 heavy (non-hydrogen) atoms. The van der Waals surface area contributed by atoms with E-state index in [1.807, 2.05) is 0 Å². The van der Waals surface area contributed by atoms with E-state index in [0.717, 1.165) is 103 Å². The lowest BCUT2D eigenvalue weighted by atomic mass is 10.0. The van der Waals surface area contributed by atoms with Crippen molar-refractivity contribution in [2.45, 2.75) is 258 Å². The lowest BCUT2D eigenvalue weighted by Crippen LogP contribution is -2.30. The predicted molar refractivity (Wildman–Crippen MR) is 252 cm³/mol. The molecule has 6 heteroatoms. The molecule has 6 nitrogen and oxygen atoms in total. The lowest BCUT2D eigenvalue weighted by molar-refractivity contribution is -0.167. The second-order valence-corrected chi connectivity index (χ2v) is 16.7. The van der Waals surface area contributed by atoms with Crippen LogP contribution in [0.5, 0.6) is 0 Å². The number of allylic oxidation sites excluding steroid dienone is 8. The van der Waals surface area contributed by atoms with Crippen LogP contribution >= 0.6 is 0 Å². The van der Waals surface area contributed by atoms with E-state index < -0.39 is 6.10 Å². The monoisotopic (exact) mass is 827 g/mol. The summed E-state index contributed by atoms with van der Waals surface area (Å²) >= 11 is 0. The summed E-state index contributed by atoms with van der Waals surface area (Å²) in [7, 11) is 0. The first-order chi connectivity index (χ1) is 29.0. The Kier molecular flexibility index (Phi) is 45.9. The molecule has 0 radical (unpaired) electrons. The first-order valence-corrected chi connectivity index (χ1v) is 25.1. The molecule has 0 fully saturated rings. The van der Waals surface area contributed by atoms with Crippen molar-refractivity contribution in [1.29, 1.82) is 0 Å². The average Bonchev–Trinajstić information content (AvgIpc) is 3.23. The van der Waals surface area contributed by atoms with Crippen LogP contribution in [0, 0.1) is 0 Å². The zero-order chi connectivity index (χ0) is 43.0. The molecule has 0 heterocycles. The summed E-state index contributed by atoms with van der Waals surface area (Å²) < 4.78 is 16.8. The molecular weight excluding hydrogens is 733 g/mol. The molecule has 0 bridgehead atoms. The van der Waals surface area contributed by atoms with Crippen LogP contribution < -0.4 is 0 Å². The minimum absolute atomic E-state index is 0.0811. The third kappa shape index (κ3) is 46.3. The molecule has 1 atom stereocenters. The summed E-state index contributed by atoms with van der Waals surface area (Å²) in [6, 6.07) is 0. The van der Waals surface area contributed by atoms with E-state index in [0.29, 0.717) is 19.3 Å². The fraction of sp³-hybridized carbons (Fsp3) is 0.792. The Morgan fingerprint density at radius 3 is 1.07 bits per heavy atom. The van der Waals surface area contributed by atoms with Gasteiger partial charge < -0.3 is 14.2 Å². The van der Waals surface area contributed by atoms with E-state index in [-0.39, 0.29) is 31.1 Å². The van der Waals surface area contributed by atoms with Gasteiger partial charge in [-0.3, -0.25) is 14.4 Å². The molecule has 0 rings (SSSR count). The van der Waals surface area contributed by atoms with E-state index in [1.54, 1.807) is 0 Å². The largest absolute Gasteiger partial charge is 0.462 e. The maximum absolute atomic E-state index is 12.8. The highest BCUT2D eigenvalue weighted by atomic mass is 16.6. The molecule has 0 aliphatic carbocycles. The van der Waals surface area contributed by atoms with Crippen LogP contribution in [0.4, 0.5) is 0 Å². The average molecular weight is 827 g/mol. The van der Waals surface area contributed by atoms with Gasteiger partial charge in [-0.1, -0.05) is 204 Å². The quantitative estimate of drug-likeness (QED) is 0.0263. The van der Waals surface area contributed by atoms with Crippen molar-refractivity contribution in [3.63, 3.8) is 0 Å². The van der Waals surface area contributed by atoms with Crippen LogP contribution in [0.2, 0.25) is 0 Å². The number of carbonyl (C=O) groups is 3. The Balaban J connectivity index is 4.40. The molecule has 0 N–H and O–H groups in total. The predicted octanol–water partition coefficient (Wildman–Crippen LogP) is 16.3. The van der Waals surface area contributed by atoms with Gasteiger partial charge in [0.15, 0.2) is 6.10 Å². The molecule has 0 spiro atoms. The summed E-state index contributed by atoms with van der Waals surface area (Å²) in [5, 5.41) is 0. The van der Waals surface area contributed by atoms with Gasteiger partial charge in [0.25, 0.3) is 0 Å². The Morgan fingerprint density at radius 2 is 0.661 bits per heavy atom. The second-order valence-electron chi connectivity index (χ2n) is 16.7. The van der Waals surface area contributed by atoms with Crippen LogP contribution in [-0.4, -0.2) is 37.2 Å². The molecular formula is C53H94O6. The maximum Gasteiger partial charge on any atom is 0.306 e. The topological polar surface area (TPSA) is 78.9 Å². The summed E-state index contributed by atoms with van der Waals surface area (Å²) in [6.07, 6.45) is 56.6. The standard InChI is InChI=1S/C53H94O6/c1-4-7-10-13-16-19-22-25-26-29-31-34-37-40-43-46-52(55)58-49-50(59-53(56)47-44-41-38-35-32-28-24-21-18-15-12-9-6-3)48-57-51(54)45-42-39-36-33-30-27-23-20-17-14-11-8-5-2/h7,10,16,19-20,23,25-26,50H,4-6,8-9,11-15,17-18,21-22,24,27-49H2,1-3H3. The molecule has 342 valence electrons. The number of rotatable bonds is 45. The molecule has 0 aliphatic heterocycles. The molecule has 0 aromatic rings. The van der Waals surface area contributed by atoms with Crippen molar-refractivity contribution < 1.29 is 28.6 Å². The number of carbonyl (C=O) groups excluding carboxylic acids is 3. The second kappa shape index (κ2) is 48.0. The van der Waals surface area contributed by atoms with Crippen molar-refractivity contribution in [2.24, 2.45) is 0 Å². The van der Waals surface area contributed by atoms with Crippen molar-refractivity contribution in [3.05, 3.63) is 48.6 Å². The number of esters is 3. The molecule has 0 amide bonds. The van der Waals surface area contributed by atoms with Gasteiger partial charge in [0.05, 0.1) is 0 Å². The minimum Gasteiger partial charge on any atom is -0.462 e. The van der Waals surface area contributed by atoms with E-state index >= 15 is 0 Å². The molecule has 0 saturated carbocycles. The highest BCUT2D eigenvalue weighted by Crippen LogP contribution is 2.15. The third-order valence-corrected chi connectivity index (χ3v) is 10.8. The smallest absolute Gasteiger partial charge is 0.306 e. The van der Waals surface area contributed by atoms with Gasteiger partial charge in [0.1, 0.15) is 13.2 Å². The summed E-state index contributed by atoms with van der Waals surface area (Å²) in [4.78, 5) is 37.9. The van der Waals surface area contributed by atoms with E-state index in [4.69, 9.17) is 14.2 Å². The van der Waals surface area contributed by atoms with Crippen LogP contribution in [0.15, 0.2) is 48.6 Å². The number of hydrogen-bond acceptors (Lipinski definition) is 6. The SMILES string of the molecule is CCC=CCC=CCC=CCCCCCCCC(=O)OCC(COC(=O)CCCCCCCC=CCCCCCC)OC(=O)CCCCCCCCCCCCCCC. The van der Waals surface area contributed by atoms with Crippen LogP contribution in [0.3, 0.4) is 0 Å². The third-order valence-electron chi connectivity index (χ3n) is 10.8. The zero-order valence-electron chi connectivity index (χ0n) is 39.0. The molecule has 0 aliphatic rings. The zero-order valence-corrected chi connectivity index (χ0v) is 39.0. The van der Waals surface area contributed by atoms with Gasteiger partial charge in [-0.2, -0.15) is 0 Å². The van der Waals surface area contributed by atoms with Gasteiger partial charge in [-0.05, 0) is 77.0 Å².